The van der Waals surface area contributed by atoms with Gasteiger partial charge in [0.05, 0.1) is 39.2 Å². The van der Waals surface area contributed by atoms with Crippen LogP contribution in [-0.4, -0.2) is 205 Å². The number of amides is 8. The van der Waals surface area contributed by atoms with Gasteiger partial charge in [-0.05, 0) is 140 Å². The largest absolute Gasteiger partial charge is 0.354 e. The smallest absolute Gasteiger partial charge is 0.256 e. The summed E-state index contributed by atoms with van der Waals surface area (Å²) in [5.74, 6) is -3.48. The van der Waals surface area contributed by atoms with Crippen LogP contribution in [0.2, 0.25) is 0 Å². The van der Waals surface area contributed by atoms with E-state index in [2.05, 4.69) is 20.9 Å². The third-order valence-corrected chi connectivity index (χ3v) is 20.2. The van der Waals surface area contributed by atoms with Crippen LogP contribution >= 0.6 is 0 Å². The van der Waals surface area contributed by atoms with Crippen LogP contribution in [0.1, 0.15) is 108 Å². The van der Waals surface area contributed by atoms with Crippen molar-refractivity contribution in [3.05, 3.63) is 191 Å². The van der Waals surface area contributed by atoms with Gasteiger partial charge in [-0.3, -0.25) is 53.0 Å². The molecule has 0 aliphatic carbocycles. The van der Waals surface area contributed by atoms with E-state index in [1.165, 1.54) is 34.1 Å². The number of nitrogens with zero attached hydrogens (tertiary/aromatic N) is 11. The van der Waals surface area contributed by atoms with Crippen LogP contribution in [0, 0.1) is 0 Å². The molecular formula is C79H93N15O8. The van der Waals surface area contributed by atoms with Gasteiger partial charge in [0.15, 0.2) is 0 Å². The minimum absolute atomic E-state index is 0.0156. The topological polar surface area (TPSA) is 289 Å². The highest BCUT2D eigenvalue weighted by molar-refractivity contribution is 6.06. The van der Waals surface area contributed by atoms with E-state index in [9.17, 15) is 9.59 Å². The van der Waals surface area contributed by atoms with E-state index in [0.29, 0.717) is 111 Å². The minimum Gasteiger partial charge on any atom is -0.354 e. The molecule has 23 heteroatoms. The standard InChI is InChI=1S/C79H93N15O8/c1-7-62-60(45-57-43-53-27-15-17-29-55(53)47-64(57)84-62)74(97)88(3)66(78(101)93-38-19-31-67(93)76(99)89(4)69(72(95)82-36-21-34-80)41-51-23-11-9-12-24-51)33-40-92-50-59(86-87-92)49-71(91(6)75(98)61-46-58-44-54-28-16-18-30-56(54)48-65(58)85-63(61)8-2)79(102)94-39-20-32-68(94)77(100)90(5)70(73(96)83-37-22-35-81)42-52-25-13-10-14-26-52/h9-18,23-30,43-48,50,66-71H,7-8,19-22,31-42,49,80-81H2,1-6H3,(H,82,95)(H,83,96)/t66-,67-,68-,69-,70-,71-/m0/s1. The summed E-state index contributed by atoms with van der Waals surface area (Å²) in [5.41, 5.74) is 16.7. The first kappa shape index (κ1) is 72.7. The summed E-state index contributed by atoms with van der Waals surface area (Å²) >= 11 is 0. The third-order valence-electron chi connectivity index (χ3n) is 20.2. The Morgan fingerprint density at radius 1 is 0.500 bits per heavy atom. The van der Waals surface area contributed by atoms with Gasteiger partial charge in [-0.1, -0.05) is 128 Å². The number of carbonyl (C=O) groups is 8. The summed E-state index contributed by atoms with van der Waals surface area (Å²) in [4.78, 5) is 139. The second kappa shape index (κ2) is 33.3. The zero-order valence-electron chi connectivity index (χ0n) is 59.2. The monoisotopic (exact) mass is 1380 g/mol. The summed E-state index contributed by atoms with van der Waals surface area (Å²) < 4.78 is 1.53. The van der Waals surface area contributed by atoms with Crippen molar-refractivity contribution >= 4 is 90.6 Å². The average molecular weight is 1380 g/mol. The predicted molar refractivity (Wildman–Crippen MR) is 394 cm³/mol. The van der Waals surface area contributed by atoms with Crippen molar-refractivity contribution in [1.29, 1.82) is 0 Å². The van der Waals surface area contributed by atoms with E-state index in [4.69, 9.17) is 21.4 Å². The number of hydrogen-bond acceptors (Lipinski definition) is 14. The Hall–Kier alpha value is -10.5. The number of rotatable bonds is 29. The summed E-state index contributed by atoms with van der Waals surface area (Å²) in [7, 11) is 6.32. The molecule has 2 fully saturated rings. The minimum atomic E-state index is -1.26. The van der Waals surface area contributed by atoms with Crippen molar-refractivity contribution < 1.29 is 38.4 Å². The fourth-order valence-corrected chi connectivity index (χ4v) is 14.3. The van der Waals surface area contributed by atoms with Gasteiger partial charge in [0, 0.05) is 97.1 Å². The predicted octanol–water partition coefficient (Wildman–Crippen LogP) is 7.07. The zero-order chi connectivity index (χ0) is 72.1. The average Bonchev–Trinajstić information content (AvgIpc) is 1.10. The molecule has 2 aliphatic rings. The molecule has 9 aromatic rings. The SMILES string of the molecule is CCc1nc2cc3ccccc3cc2cc1C(=O)N(C)[C@@H](CCn1cc(C[C@@H](C(=O)N2CCC[C@H]2C(=O)N(C)[C@@H](Cc2ccccc2)C(=O)NCCCN)N(C)C(=O)c2cc3cc4ccccc4cc3nc2CC)nn1)C(=O)N1CCC[C@H]1C(=O)N(C)[C@@H](Cc1ccccc1)C(=O)NCCCN. The van der Waals surface area contributed by atoms with Gasteiger partial charge < -0.3 is 51.5 Å². The van der Waals surface area contributed by atoms with E-state index in [1.807, 2.05) is 159 Å². The number of nitrogens with one attached hydrogen (secondary N) is 2. The van der Waals surface area contributed by atoms with Crippen molar-refractivity contribution in [1.82, 2.24) is 65.0 Å². The Labute approximate surface area is 594 Å². The van der Waals surface area contributed by atoms with Crippen molar-refractivity contribution in [3.8, 4) is 0 Å². The highest BCUT2D eigenvalue weighted by atomic mass is 16.2. The Kier molecular flexibility index (Phi) is 23.7. The molecule has 6 N–H and O–H groups in total. The maximum absolute atomic E-state index is 15.8. The molecule has 0 unspecified atom stereocenters. The Balaban J connectivity index is 0.911. The lowest BCUT2D eigenvalue weighted by Gasteiger charge is -2.36. The fourth-order valence-electron chi connectivity index (χ4n) is 14.3. The second-order valence-electron chi connectivity index (χ2n) is 26.8. The molecule has 11 rings (SSSR count). The van der Waals surface area contributed by atoms with Crippen molar-refractivity contribution in [2.45, 2.75) is 134 Å². The van der Waals surface area contributed by atoms with Gasteiger partial charge in [0.1, 0.15) is 36.3 Å². The number of benzene rings is 6. The van der Waals surface area contributed by atoms with E-state index >= 15 is 28.8 Å². The van der Waals surface area contributed by atoms with Gasteiger partial charge >= 0.3 is 0 Å². The number of nitrogens with two attached hydrogens (primary N) is 2. The summed E-state index contributed by atoms with van der Waals surface area (Å²) in [6, 6.07) is 40.0. The van der Waals surface area contributed by atoms with Gasteiger partial charge in [0.25, 0.3) is 11.8 Å². The maximum atomic E-state index is 15.8. The Morgan fingerprint density at radius 3 is 1.34 bits per heavy atom. The normalized spacial score (nSPS) is 15.6. The summed E-state index contributed by atoms with van der Waals surface area (Å²) in [5, 5.41) is 20.5. The number of fused-ring (bicyclic) bond motifs is 4. The van der Waals surface area contributed by atoms with Gasteiger partial charge in [-0.2, -0.15) is 0 Å². The number of aromatic nitrogens is 5. The second-order valence-corrected chi connectivity index (χ2v) is 26.8. The van der Waals surface area contributed by atoms with Crippen LogP contribution in [0.15, 0.2) is 152 Å². The molecule has 2 saturated heterocycles. The molecule has 0 radical (unpaired) electrons. The third kappa shape index (κ3) is 16.3. The Bertz CT molecular complexity index is 4530. The lowest BCUT2D eigenvalue weighted by atomic mass is 10.0. The van der Waals surface area contributed by atoms with Gasteiger partial charge in [0.2, 0.25) is 35.4 Å². The van der Waals surface area contributed by atoms with Crippen LogP contribution in [0.5, 0.6) is 0 Å². The first-order chi connectivity index (χ1) is 49.4. The molecule has 6 atom stereocenters. The molecule has 3 aromatic heterocycles. The highest BCUT2D eigenvalue weighted by Crippen LogP contribution is 2.31. The molecule has 2 aliphatic heterocycles. The maximum Gasteiger partial charge on any atom is 0.256 e. The number of likely N-dealkylation sites (tertiary alicyclic amines) is 2. The van der Waals surface area contributed by atoms with Crippen LogP contribution in [-0.2, 0) is 67.4 Å². The number of carbonyl (C=O) groups excluding carboxylic acids is 8. The van der Waals surface area contributed by atoms with Crippen molar-refractivity contribution in [3.63, 3.8) is 0 Å². The van der Waals surface area contributed by atoms with Crippen molar-refractivity contribution in [2.24, 2.45) is 11.5 Å². The molecule has 0 spiro atoms. The van der Waals surface area contributed by atoms with Gasteiger partial charge in [-0.25, -0.2) is 0 Å². The van der Waals surface area contributed by atoms with E-state index in [-0.39, 0.29) is 57.1 Å². The van der Waals surface area contributed by atoms with E-state index < -0.39 is 71.7 Å². The van der Waals surface area contributed by atoms with Gasteiger partial charge in [-0.15, -0.1) is 5.10 Å². The number of hydrogen-bond donors (Lipinski definition) is 4. The molecule has 532 valence electrons. The van der Waals surface area contributed by atoms with Crippen LogP contribution in [0.25, 0.3) is 43.4 Å². The van der Waals surface area contributed by atoms with E-state index in [0.717, 1.165) is 49.0 Å². The molecule has 0 bridgehead atoms. The Morgan fingerprint density at radius 2 is 0.912 bits per heavy atom. The lowest BCUT2D eigenvalue weighted by molar-refractivity contribution is -0.148. The van der Waals surface area contributed by atoms with Crippen LogP contribution < -0.4 is 22.1 Å². The summed E-state index contributed by atoms with van der Waals surface area (Å²) in [6.07, 6.45) is 5.38. The van der Waals surface area contributed by atoms with Crippen LogP contribution in [0.3, 0.4) is 0 Å². The molecule has 6 aromatic carbocycles. The first-order valence-corrected chi connectivity index (χ1v) is 35.7. The number of likely N-dealkylation sites (N-methyl/N-ethyl adjacent to an activating group) is 4. The molecule has 102 heavy (non-hydrogen) atoms. The summed E-state index contributed by atoms with van der Waals surface area (Å²) in [6.45, 7) is 5.63. The molecular weight excluding hydrogens is 1290 g/mol. The lowest BCUT2D eigenvalue weighted by Crippen LogP contribution is -2.57. The molecule has 0 saturated carbocycles. The van der Waals surface area contributed by atoms with Crippen molar-refractivity contribution in [2.75, 3.05) is 67.5 Å². The first-order valence-electron chi connectivity index (χ1n) is 35.7. The van der Waals surface area contributed by atoms with Crippen LogP contribution in [0.4, 0.5) is 0 Å². The quantitative estimate of drug-likeness (QED) is 0.0269. The van der Waals surface area contributed by atoms with E-state index in [1.54, 1.807) is 34.4 Å². The zero-order valence-corrected chi connectivity index (χ0v) is 59.2. The molecule has 8 amide bonds. The molecule has 5 heterocycles. The number of aryl methyl sites for hydroxylation is 3. The number of pyridine rings is 2. The highest BCUT2D eigenvalue weighted by Gasteiger charge is 2.45. The fraction of sp³-hybridized carbons (Fsp3) is 0.392. The molecule has 23 nitrogen and oxygen atoms in total.